The van der Waals surface area contributed by atoms with Gasteiger partial charge in [-0.2, -0.15) is 0 Å². The van der Waals surface area contributed by atoms with Gasteiger partial charge in [-0.15, -0.1) is 0 Å². The summed E-state index contributed by atoms with van der Waals surface area (Å²) in [5.74, 6) is -0.279. The summed E-state index contributed by atoms with van der Waals surface area (Å²) >= 11 is 1.52. The number of carbonyl (C=O) groups is 2. The number of aliphatic imine (C=N–C) groups is 1. The number of rotatable bonds is 6. The van der Waals surface area contributed by atoms with Gasteiger partial charge in [0.1, 0.15) is 0 Å². The van der Waals surface area contributed by atoms with Crippen LogP contribution < -0.4 is 0 Å². The van der Waals surface area contributed by atoms with Crippen LogP contribution in [0.1, 0.15) is 55.3 Å². The molecule has 7 nitrogen and oxygen atoms in total. The lowest BCUT2D eigenvalue weighted by molar-refractivity contribution is -0.136. The van der Waals surface area contributed by atoms with Crippen LogP contribution in [0.15, 0.2) is 45.6 Å². The Balaban J connectivity index is 1.69. The molecule has 0 aliphatic carbocycles. The fourth-order valence-corrected chi connectivity index (χ4v) is 6.06. The van der Waals surface area contributed by atoms with E-state index in [1.807, 2.05) is 24.3 Å². The van der Waals surface area contributed by atoms with Crippen LogP contribution in [0, 0.1) is 13.8 Å². The Morgan fingerprint density at radius 1 is 1.23 bits per heavy atom. The van der Waals surface area contributed by atoms with Crippen LogP contribution in [-0.2, 0) is 14.3 Å². The molecule has 3 heterocycles. The maximum absolute atomic E-state index is 13.4. The molecule has 1 atom stereocenters. The second-order valence-electron chi connectivity index (χ2n) is 9.68. The number of nitrogens with zero attached hydrogens (tertiary/aromatic N) is 4. The zero-order valence-electron chi connectivity index (χ0n) is 21.6. The third-order valence-electron chi connectivity index (χ3n) is 7.32. The molecule has 0 radical (unpaired) electrons. The third-order valence-corrected chi connectivity index (χ3v) is 8.21. The van der Waals surface area contributed by atoms with Crippen LogP contribution in [0.5, 0.6) is 0 Å². The number of aryl methyl sites for hydroxylation is 2. The first kappa shape index (κ1) is 25.5. The predicted octanol–water partition coefficient (Wildman–Crippen LogP) is 4.38. The minimum absolute atomic E-state index is 0.0947. The van der Waals surface area contributed by atoms with E-state index in [4.69, 9.17) is 9.73 Å². The summed E-state index contributed by atoms with van der Waals surface area (Å²) in [6.07, 6.45) is 2.87. The molecule has 1 amide bonds. The highest BCUT2D eigenvalue weighted by molar-refractivity contribution is 8.16. The lowest BCUT2D eigenvalue weighted by atomic mass is 9.89. The minimum Gasteiger partial charge on any atom is -0.466 e. The van der Waals surface area contributed by atoms with Crippen molar-refractivity contribution in [2.24, 2.45) is 4.99 Å². The molecule has 0 unspecified atom stereocenters. The van der Waals surface area contributed by atoms with Gasteiger partial charge in [0.25, 0.3) is 0 Å². The smallest absolute Gasteiger partial charge is 0.338 e. The highest BCUT2D eigenvalue weighted by atomic mass is 32.2. The molecule has 1 aromatic rings. The van der Waals surface area contributed by atoms with Gasteiger partial charge in [-0.05, 0) is 69.8 Å². The number of fused-ring (bicyclic) bond motifs is 1. The zero-order chi connectivity index (χ0) is 25.3. The first-order valence-electron chi connectivity index (χ1n) is 12.3. The molecule has 0 saturated carbocycles. The first-order chi connectivity index (χ1) is 16.7. The van der Waals surface area contributed by atoms with E-state index in [-0.39, 0.29) is 30.4 Å². The molecule has 1 aromatic carbocycles. The number of hydrogen-bond donors (Lipinski definition) is 0. The Bertz CT molecular complexity index is 1100. The van der Waals surface area contributed by atoms with E-state index < -0.39 is 0 Å². The van der Waals surface area contributed by atoms with E-state index in [1.54, 1.807) is 0 Å². The Morgan fingerprint density at radius 3 is 2.60 bits per heavy atom. The second-order valence-corrected chi connectivity index (χ2v) is 10.5. The van der Waals surface area contributed by atoms with Gasteiger partial charge >= 0.3 is 5.97 Å². The van der Waals surface area contributed by atoms with Crippen LogP contribution in [0.3, 0.4) is 0 Å². The number of carbonyl (C=O) groups excluding carboxylic acids is 2. The van der Waals surface area contributed by atoms with Crippen molar-refractivity contribution in [3.8, 4) is 0 Å². The monoisotopic (exact) mass is 496 g/mol. The lowest BCUT2D eigenvalue weighted by Gasteiger charge is -2.38. The van der Waals surface area contributed by atoms with Crippen LogP contribution in [0.25, 0.3) is 0 Å². The molecule has 35 heavy (non-hydrogen) atoms. The molecule has 3 aliphatic rings. The van der Waals surface area contributed by atoms with Crippen molar-refractivity contribution in [3.05, 3.63) is 57.3 Å². The van der Waals surface area contributed by atoms with Crippen molar-refractivity contribution in [2.45, 2.75) is 58.5 Å². The molecule has 8 heteroatoms. The third kappa shape index (κ3) is 5.05. The summed E-state index contributed by atoms with van der Waals surface area (Å²) in [5, 5.41) is 2.83. The Kier molecular flexibility index (Phi) is 7.71. The summed E-state index contributed by atoms with van der Waals surface area (Å²) < 4.78 is 5.24. The van der Waals surface area contributed by atoms with Gasteiger partial charge in [0, 0.05) is 18.8 Å². The number of esters is 1. The van der Waals surface area contributed by atoms with E-state index in [0.717, 1.165) is 59.2 Å². The van der Waals surface area contributed by atoms with Crippen LogP contribution in [0.2, 0.25) is 0 Å². The number of amidine groups is 1. The van der Waals surface area contributed by atoms with E-state index >= 15 is 0 Å². The summed E-state index contributed by atoms with van der Waals surface area (Å²) in [4.78, 5) is 37.6. The van der Waals surface area contributed by atoms with Gasteiger partial charge < -0.3 is 19.4 Å². The SMILES string of the molecule is CCC1=C(C(=O)OC)[C@@H](c2cc(C)ccc2C)N2C(CC(=O)N(C)C3CCN(C)CC3)=CSC2=N1. The predicted molar refractivity (Wildman–Crippen MR) is 141 cm³/mol. The van der Waals surface area contributed by atoms with Crippen LogP contribution >= 0.6 is 11.8 Å². The van der Waals surface area contributed by atoms with Gasteiger partial charge in [0.05, 0.1) is 30.8 Å². The van der Waals surface area contributed by atoms with Gasteiger partial charge in [0.15, 0.2) is 5.17 Å². The number of piperidine rings is 1. The van der Waals surface area contributed by atoms with Crippen molar-refractivity contribution >= 4 is 28.8 Å². The van der Waals surface area contributed by atoms with Crippen LogP contribution in [0.4, 0.5) is 0 Å². The Morgan fingerprint density at radius 2 is 1.94 bits per heavy atom. The maximum atomic E-state index is 13.4. The van der Waals surface area contributed by atoms with Gasteiger partial charge in [-0.3, -0.25) is 4.79 Å². The molecule has 1 saturated heterocycles. The molecule has 1 fully saturated rings. The zero-order valence-corrected chi connectivity index (χ0v) is 22.4. The van der Waals surface area contributed by atoms with Crippen molar-refractivity contribution in [1.29, 1.82) is 0 Å². The number of likely N-dealkylation sites (tertiary alicyclic amines) is 1. The molecule has 188 valence electrons. The van der Waals surface area contributed by atoms with Crippen molar-refractivity contribution in [3.63, 3.8) is 0 Å². The molecule has 3 aliphatic heterocycles. The standard InChI is InChI=1S/C27H36N4O3S/c1-7-22-24(26(33)34-6)25(21-14-17(2)8-9-18(21)3)31-20(16-35-27(31)28-22)15-23(32)30(5)19-10-12-29(4)13-11-19/h8-9,14,16,19,25H,7,10-13,15H2,1-6H3/t25-/m1/s1. The fourth-order valence-electron chi connectivity index (χ4n) is 5.13. The molecule has 0 bridgehead atoms. The second kappa shape index (κ2) is 10.6. The molecule has 4 rings (SSSR count). The number of methoxy groups -OCH3 is 1. The Hall–Kier alpha value is -2.58. The van der Waals surface area contributed by atoms with Crippen molar-refractivity contribution < 1.29 is 14.3 Å². The van der Waals surface area contributed by atoms with Crippen LogP contribution in [-0.4, -0.2) is 72.1 Å². The number of allylic oxidation sites excluding steroid dienone is 1. The topological polar surface area (TPSA) is 65.5 Å². The minimum atomic E-state index is -0.382. The number of benzene rings is 1. The Labute approximate surface area is 212 Å². The molecular formula is C27H36N4O3S. The fraction of sp³-hybridized carbons (Fsp3) is 0.519. The highest BCUT2D eigenvalue weighted by Gasteiger charge is 2.42. The average Bonchev–Trinajstić information content (AvgIpc) is 3.26. The lowest BCUT2D eigenvalue weighted by Crippen LogP contribution is -2.45. The van der Waals surface area contributed by atoms with E-state index in [0.29, 0.717) is 12.0 Å². The van der Waals surface area contributed by atoms with Gasteiger partial charge in [-0.1, -0.05) is 42.4 Å². The van der Waals surface area contributed by atoms with Gasteiger partial charge in [0.2, 0.25) is 5.91 Å². The maximum Gasteiger partial charge on any atom is 0.338 e. The molecule has 0 spiro atoms. The van der Waals surface area contributed by atoms with Gasteiger partial charge in [-0.25, -0.2) is 9.79 Å². The number of ether oxygens (including phenoxy) is 1. The van der Waals surface area contributed by atoms with E-state index in [9.17, 15) is 9.59 Å². The molecule has 0 aromatic heterocycles. The number of amides is 1. The van der Waals surface area contributed by atoms with Crippen molar-refractivity contribution in [2.75, 3.05) is 34.3 Å². The summed E-state index contributed by atoms with van der Waals surface area (Å²) in [5.41, 5.74) is 5.41. The van der Waals surface area contributed by atoms with E-state index in [2.05, 4.69) is 48.9 Å². The first-order valence-corrected chi connectivity index (χ1v) is 13.2. The summed E-state index contributed by atoms with van der Waals surface area (Å²) in [6.45, 7) is 8.13. The normalized spacial score (nSPS) is 21.0. The van der Waals surface area contributed by atoms with Crippen molar-refractivity contribution in [1.82, 2.24) is 14.7 Å². The highest BCUT2D eigenvalue weighted by Crippen LogP contribution is 2.46. The quantitative estimate of drug-likeness (QED) is 0.545. The number of hydrogen-bond acceptors (Lipinski definition) is 7. The summed E-state index contributed by atoms with van der Waals surface area (Å²) in [7, 11) is 5.46. The molecular weight excluding hydrogens is 460 g/mol. The summed E-state index contributed by atoms with van der Waals surface area (Å²) in [6, 6.07) is 6.17. The number of thioether (sulfide) groups is 1. The molecule has 0 N–H and O–H groups in total. The average molecular weight is 497 g/mol. The largest absolute Gasteiger partial charge is 0.466 e. The van der Waals surface area contributed by atoms with E-state index in [1.165, 1.54) is 18.9 Å².